The Bertz CT molecular complexity index is 611. The van der Waals surface area contributed by atoms with Crippen LogP contribution in [0, 0.1) is 0 Å². The normalized spacial score (nSPS) is 9.96. The molecule has 2 rings (SSSR count). The molecule has 0 bridgehead atoms. The van der Waals surface area contributed by atoms with Gasteiger partial charge in [-0.3, -0.25) is 9.69 Å². The van der Waals surface area contributed by atoms with Crippen molar-refractivity contribution in [3.8, 4) is 0 Å². The van der Waals surface area contributed by atoms with E-state index in [1.165, 1.54) is 11.1 Å². The standard InChI is InChI=1S/C20H27N3O.2ClH/c1-22(16-19-10-6-3-7-11-19)17-20(24)23(15-13-21)14-12-18-8-4-2-5-9-18;;/h2-11H,12-17,21H2,1H3;2*1H. The van der Waals surface area contributed by atoms with Gasteiger partial charge in [-0.2, -0.15) is 0 Å². The van der Waals surface area contributed by atoms with Crippen molar-refractivity contribution in [2.45, 2.75) is 13.0 Å². The van der Waals surface area contributed by atoms with E-state index in [1.54, 1.807) is 0 Å². The minimum atomic E-state index is 0. The zero-order chi connectivity index (χ0) is 17.2. The maximum atomic E-state index is 12.6. The lowest BCUT2D eigenvalue weighted by Crippen LogP contribution is -2.42. The van der Waals surface area contributed by atoms with Gasteiger partial charge < -0.3 is 10.6 Å². The molecule has 2 aromatic rings. The summed E-state index contributed by atoms with van der Waals surface area (Å²) >= 11 is 0. The van der Waals surface area contributed by atoms with Gasteiger partial charge in [0.1, 0.15) is 0 Å². The second-order valence-corrected chi connectivity index (χ2v) is 6.06. The maximum absolute atomic E-state index is 12.6. The molecule has 0 aromatic heterocycles. The van der Waals surface area contributed by atoms with Gasteiger partial charge in [-0.15, -0.1) is 24.8 Å². The third-order valence-corrected chi connectivity index (χ3v) is 3.97. The van der Waals surface area contributed by atoms with Crippen LogP contribution in [0.25, 0.3) is 0 Å². The summed E-state index contributed by atoms with van der Waals surface area (Å²) in [4.78, 5) is 16.5. The number of carbonyl (C=O) groups is 1. The Kier molecular flexibility index (Phi) is 12.8. The van der Waals surface area contributed by atoms with Gasteiger partial charge in [-0.05, 0) is 24.6 Å². The summed E-state index contributed by atoms with van der Waals surface area (Å²) in [5.74, 6) is 0.134. The van der Waals surface area contributed by atoms with E-state index in [0.29, 0.717) is 26.2 Å². The molecule has 0 unspecified atom stereocenters. The molecule has 0 fully saturated rings. The monoisotopic (exact) mass is 397 g/mol. The van der Waals surface area contributed by atoms with E-state index in [-0.39, 0.29) is 30.7 Å². The number of halogens is 2. The molecule has 0 aliphatic rings. The lowest BCUT2D eigenvalue weighted by molar-refractivity contribution is -0.132. The molecule has 0 saturated carbocycles. The second kappa shape index (κ2) is 13.6. The summed E-state index contributed by atoms with van der Waals surface area (Å²) < 4.78 is 0. The Morgan fingerprint density at radius 2 is 1.42 bits per heavy atom. The molecular weight excluding hydrogens is 369 g/mol. The van der Waals surface area contributed by atoms with E-state index >= 15 is 0 Å². The number of hydrogen-bond donors (Lipinski definition) is 1. The molecule has 2 N–H and O–H groups in total. The van der Waals surface area contributed by atoms with Crippen molar-refractivity contribution >= 4 is 30.7 Å². The van der Waals surface area contributed by atoms with Crippen LogP contribution in [0.5, 0.6) is 0 Å². The molecule has 4 nitrogen and oxygen atoms in total. The molecule has 0 spiro atoms. The molecular formula is C20H29Cl2N3O. The Labute approximate surface area is 169 Å². The number of rotatable bonds is 9. The molecule has 0 atom stereocenters. The summed E-state index contributed by atoms with van der Waals surface area (Å²) in [5, 5.41) is 0. The fraction of sp³-hybridized carbons (Fsp3) is 0.350. The maximum Gasteiger partial charge on any atom is 0.236 e. The molecule has 1 amide bonds. The number of benzene rings is 2. The van der Waals surface area contributed by atoms with Crippen molar-refractivity contribution < 1.29 is 4.79 Å². The van der Waals surface area contributed by atoms with Gasteiger partial charge in [-0.25, -0.2) is 0 Å². The molecule has 0 radical (unpaired) electrons. The van der Waals surface area contributed by atoms with E-state index in [2.05, 4.69) is 24.3 Å². The van der Waals surface area contributed by atoms with Crippen molar-refractivity contribution in [2.75, 3.05) is 33.2 Å². The van der Waals surface area contributed by atoms with Gasteiger partial charge >= 0.3 is 0 Å². The smallest absolute Gasteiger partial charge is 0.236 e. The Hall–Kier alpha value is -1.59. The first-order valence-corrected chi connectivity index (χ1v) is 8.43. The SMILES string of the molecule is CN(CC(=O)N(CCN)CCc1ccccc1)Cc1ccccc1.Cl.Cl. The van der Waals surface area contributed by atoms with E-state index in [4.69, 9.17) is 5.73 Å². The van der Waals surface area contributed by atoms with Crippen LogP contribution in [0.2, 0.25) is 0 Å². The lowest BCUT2D eigenvalue weighted by atomic mass is 10.1. The summed E-state index contributed by atoms with van der Waals surface area (Å²) in [6.07, 6.45) is 0.856. The van der Waals surface area contributed by atoms with Crippen molar-refractivity contribution in [1.29, 1.82) is 0 Å². The van der Waals surface area contributed by atoms with Gasteiger partial charge in [0.05, 0.1) is 6.54 Å². The quantitative estimate of drug-likeness (QED) is 0.707. The molecule has 2 aromatic carbocycles. The van der Waals surface area contributed by atoms with Crippen LogP contribution in [-0.2, 0) is 17.8 Å². The molecule has 26 heavy (non-hydrogen) atoms. The van der Waals surface area contributed by atoms with Crippen molar-refractivity contribution in [3.05, 3.63) is 71.8 Å². The van der Waals surface area contributed by atoms with Crippen LogP contribution in [0.1, 0.15) is 11.1 Å². The van der Waals surface area contributed by atoms with Crippen LogP contribution in [0.4, 0.5) is 0 Å². The average molecular weight is 398 g/mol. The lowest BCUT2D eigenvalue weighted by Gasteiger charge is -2.25. The van der Waals surface area contributed by atoms with E-state index < -0.39 is 0 Å². The Morgan fingerprint density at radius 3 is 1.96 bits per heavy atom. The highest BCUT2D eigenvalue weighted by atomic mass is 35.5. The molecule has 0 aliphatic heterocycles. The Morgan fingerprint density at radius 1 is 0.885 bits per heavy atom. The van der Waals surface area contributed by atoms with Gasteiger partial charge in [0.15, 0.2) is 0 Å². The molecule has 0 aliphatic carbocycles. The molecule has 144 valence electrons. The van der Waals surface area contributed by atoms with Crippen molar-refractivity contribution in [1.82, 2.24) is 9.80 Å². The predicted octanol–water partition coefficient (Wildman–Crippen LogP) is 2.99. The number of hydrogen-bond acceptors (Lipinski definition) is 3. The minimum absolute atomic E-state index is 0. The van der Waals surface area contributed by atoms with Crippen molar-refractivity contribution in [3.63, 3.8) is 0 Å². The van der Waals surface area contributed by atoms with E-state index in [1.807, 2.05) is 53.2 Å². The second-order valence-electron chi connectivity index (χ2n) is 6.06. The van der Waals surface area contributed by atoms with Gasteiger partial charge in [0, 0.05) is 26.2 Å². The van der Waals surface area contributed by atoms with Crippen LogP contribution in [0.3, 0.4) is 0 Å². The first-order valence-electron chi connectivity index (χ1n) is 8.43. The summed E-state index contributed by atoms with van der Waals surface area (Å²) in [5.41, 5.74) is 8.13. The fourth-order valence-corrected chi connectivity index (χ4v) is 2.71. The topological polar surface area (TPSA) is 49.6 Å². The highest BCUT2D eigenvalue weighted by Crippen LogP contribution is 2.05. The largest absolute Gasteiger partial charge is 0.340 e. The first-order chi connectivity index (χ1) is 11.7. The zero-order valence-electron chi connectivity index (χ0n) is 15.2. The highest BCUT2D eigenvalue weighted by molar-refractivity contribution is 5.85. The summed E-state index contributed by atoms with van der Waals surface area (Å²) in [6.45, 7) is 2.97. The zero-order valence-corrected chi connectivity index (χ0v) is 16.8. The first kappa shape index (κ1) is 24.4. The highest BCUT2D eigenvalue weighted by Gasteiger charge is 2.15. The number of carbonyl (C=O) groups excluding carboxylic acids is 1. The molecule has 0 saturated heterocycles. The van der Waals surface area contributed by atoms with Gasteiger partial charge in [0.2, 0.25) is 5.91 Å². The summed E-state index contributed by atoms with van der Waals surface area (Å²) in [7, 11) is 1.97. The van der Waals surface area contributed by atoms with Crippen molar-refractivity contribution in [2.24, 2.45) is 5.73 Å². The Balaban J connectivity index is 0.00000312. The number of nitrogens with zero attached hydrogens (tertiary/aromatic N) is 2. The predicted molar refractivity (Wildman–Crippen MR) is 113 cm³/mol. The average Bonchev–Trinajstić information content (AvgIpc) is 2.60. The van der Waals surface area contributed by atoms with E-state index in [9.17, 15) is 4.79 Å². The minimum Gasteiger partial charge on any atom is -0.340 e. The molecule has 6 heteroatoms. The number of nitrogens with two attached hydrogens (primary N) is 1. The third kappa shape index (κ3) is 8.68. The van der Waals surface area contributed by atoms with Crippen LogP contribution in [-0.4, -0.2) is 48.9 Å². The van der Waals surface area contributed by atoms with E-state index in [0.717, 1.165) is 13.0 Å². The number of amides is 1. The van der Waals surface area contributed by atoms with Crippen LogP contribution in [0.15, 0.2) is 60.7 Å². The van der Waals surface area contributed by atoms with Crippen LogP contribution < -0.4 is 5.73 Å². The third-order valence-electron chi connectivity index (χ3n) is 3.97. The number of likely N-dealkylation sites (N-methyl/N-ethyl adjacent to an activating group) is 1. The van der Waals surface area contributed by atoms with Crippen LogP contribution >= 0.6 is 24.8 Å². The van der Waals surface area contributed by atoms with Gasteiger partial charge in [-0.1, -0.05) is 60.7 Å². The van der Waals surface area contributed by atoms with Gasteiger partial charge in [0.25, 0.3) is 0 Å². The molecule has 0 heterocycles. The fourth-order valence-electron chi connectivity index (χ4n) is 2.71. The summed E-state index contributed by atoms with van der Waals surface area (Å²) in [6, 6.07) is 20.4.